The lowest BCUT2D eigenvalue weighted by molar-refractivity contribution is 0.0819. The van der Waals surface area contributed by atoms with Crippen molar-refractivity contribution in [1.29, 1.82) is 0 Å². The highest BCUT2D eigenvalue weighted by Crippen LogP contribution is 2.20. The van der Waals surface area contributed by atoms with E-state index in [9.17, 15) is 13.6 Å². The zero-order valence-corrected chi connectivity index (χ0v) is 12.2. The molecule has 0 fully saturated rings. The maximum Gasteiger partial charge on any atom is 0.272 e. The van der Waals surface area contributed by atoms with Gasteiger partial charge in [-0.1, -0.05) is 11.6 Å². The fourth-order valence-corrected chi connectivity index (χ4v) is 2.16. The van der Waals surface area contributed by atoms with Crippen molar-refractivity contribution in [1.82, 2.24) is 15.0 Å². The molecule has 0 bridgehead atoms. The number of aromatic amines is 1. The molecule has 0 unspecified atom stereocenters. The average molecular weight is 317 g/mol. The fourth-order valence-electron chi connectivity index (χ4n) is 2.16. The molecule has 3 rings (SSSR count). The van der Waals surface area contributed by atoms with Gasteiger partial charge in [-0.2, -0.15) is 0 Å². The first kappa shape index (κ1) is 15.1. The van der Waals surface area contributed by atoms with E-state index in [2.05, 4.69) is 15.0 Å². The Morgan fingerprint density at radius 3 is 2.87 bits per heavy atom. The van der Waals surface area contributed by atoms with Gasteiger partial charge in [-0.05, 0) is 25.1 Å². The van der Waals surface area contributed by atoms with Crippen LogP contribution in [0.25, 0.3) is 22.4 Å². The van der Waals surface area contributed by atoms with Crippen molar-refractivity contribution < 1.29 is 13.5 Å². The molecule has 5 nitrogen and oxygen atoms in total. The number of nitrogens with one attached hydrogen (secondary N) is 1. The standard InChI is InChI=1S/C16H13F2N3O2/c1-9-2-3-12-11(6-9)16(22)21-15(20-12)13-7-10(4-5-19-13)23-8-14(17)18/h2-7,14H,8H2,1H3,(H,20,21,22). The lowest BCUT2D eigenvalue weighted by Gasteiger charge is -2.07. The normalized spacial score (nSPS) is 11.1. The van der Waals surface area contributed by atoms with Crippen molar-refractivity contribution in [3.05, 3.63) is 52.4 Å². The monoisotopic (exact) mass is 317 g/mol. The van der Waals surface area contributed by atoms with Crippen LogP contribution in [0.5, 0.6) is 5.75 Å². The Balaban J connectivity index is 2.01. The smallest absolute Gasteiger partial charge is 0.272 e. The van der Waals surface area contributed by atoms with Crippen molar-refractivity contribution in [2.45, 2.75) is 13.3 Å². The number of rotatable bonds is 4. The highest BCUT2D eigenvalue weighted by Gasteiger charge is 2.09. The lowest BCUT2D eigenvalue weighted by atomic mass is 10.1. The van der Waals surface area contributed by atoms with Gasteiger partial charge in [-0.15, -0.1) is 0 Å². The largest absolute Gasteiger partial charge is 0.488 e. The van der Waals surface area contributed by atoms with Gasteiger partial charge in [0, 0.05) is 12.3 Å². The SMILES string of the molecule is Cc1ccc2nc(-c3cc(OCC(F)F)ccn3)[nH]c(=O)c2c1. The third kappa shape index (κ3) is 3.33. The summed E-state index contributed by atoms with van der Waals surface area (Å²) in [6.45, 7) is 1.18. The van der Waals surface area contributed by atoms with Crippen molar-refractivity contribution in [3.63, 3.8) is 0 Å². The first-order chi connectivity index (χ1) is 11.0. The van der Waals surface area contributed by atoms with E-state index in [0.717, 1.165) is 5.56 Å². The quantitative estimate of drug-likeness (QED) is 0.803. The molecule has 23 heavy (non-hydrogen) atoms. The zero-order valence-electron chi connectivity index (χ0n) is 12.2. The van der Waals surface area contributed by atoms with Gasteiger partial charge < -0.3 is 9.72 Å². The molecule has 0 atom stereocenters. The predicted molar refractivity (Wildman–Crippen MR) is 81.8 cm³/mol. The summed E-state index contributed by atoms with van der Waals surface area (Å²) < 4.78 is 29.4. The van der Waals surface area contributed by atoms with Crippen LogP contribution in [0.15, 0.2) is 41.3 Å². The number of hydrogen-bond donors (Lipinski definition) is 1. The van der Waals surface area contributed by atoms with Crippen LogP contribution in [0.1, 0.15) is 5.56 Å². The molecule has 7 heteroatoms. The molecule has 3 aromatic rings. The van der Waals surface area contributed by atoms with Crippen molar-refractivity contribution >= 4 is 10.9 Å². The number of aryl methyl sites for hydroxylation is 1. The number of alkyl halides is 2. The minimum Gasteiger partial charge on any atom is -0.488 e. The molecule has 1 N–H and O–H groups in total. The summed E-state index contributed by atoms with van der Waals surface area (Å²) in [4.78, 5) is 23.3. The second-order valence-corrected chi connectivity index (χ2v) is 5.01. The summed E-state index contributed by atoms with van der Waals surface area (Å²) in [5.74, 6) is 0.496. The van der Waals surface area contributed by atoms with E-state index >= 15 is 0 Å². The summed E-state index contributed by atoms with van der Waals surface area (Å²) in [7, 11) is 0. The van der Waals surface area contributed by atoms with E-state index in [1.165, 1.54) is 18.3 Å². The second-order valence-electron chi connectivity index (χ2n) is 5.01. The Kier molecular flexibility index (Phi) is 4.01. The van der Waals surface area contributed by atoms with E-state index in [1.54, 1.807) is 12.1 Å². The molecule has 0 aliphatic carbocycles. The molecule has 0 aliphatic heterocycles. The first-order valence-electron chi connectivity index (χ1n) is 6.91. The van der Waals surface area contributed by atoms with Crippen LogP contribution in [-0.4, -0.2) is 28.0 Å². The molecule has 118 valence electrons. The van der Waals surface area contributed by atoms with Gasteiger partial charge in [-0.25, -0.2) is 13.8 Å². The van der Waals surface area contributed by atoms with Crippen LogP contribution in [-0.2, 0) is 0 Å². The highest BCUT2D eigenvalue weighted by atomic mass is 19.3. The topological polar surface area (TPSA) is 67.9 Å². The van der Waals surface area contributed by atoms with Crippen LogP contribution in [0, 0.1) is 6.92 Å². The predicted octanol–water partition coefficient (Wildman–Crippen LogP) is 2.94. The van der Waals surface area contributed by atoms with Crippen LogP contribution in [0.2, 0.25) is 0 Å². The molecule has 2 heterocycles. The molecule has 2 aromatic heterocycles. The molecule has 0 radical (unpaired) electrons. The summed E-state index contributed by atoms with van der Waals surface area (Å²) in [5.41, 5.74) is 1.55. The third-order valence-electron chi connectivity index (χ3n) is 3.21. The molecule has 0 aliphatic rings. The number of benzene rings is 1. The third-order valence-corrected chi connectivity index (χ3v) is 3.21. The summed E-state index contributed by atoms with van der Waals surface area (Å²) in [6, 6.07) is 8.28. The van der Waals surface area contributed by atoms with Gasteiger partial charge >= 0.3 is 0 Å². The van der Waals surface area contributed by atoms with Gasteiger partial charge in [0.2, 0.25) is 0 Å². The number of aromatic nitrogens is 3. The molecule has 0 spiro atoms. The minimum atomic E-state index is -2.56. The minimum absolute atomic E-state index is 0.238. The molecule has 0 amide bonds. The van der Waals surface area contributed by atoms with Gasteiger partial charge in [-0.3, -0.25) is 9.78 Å². The van der Waals surface area contributed by atoms with Crippen LogP contribution in [0.3, 0.4) is 0 Å². The Bertz CT molecular complexity index is 909. The number of ether oxygens (including phenoxy) is 1. The number of hydrogen-bond acceptors (Lipinski definition) is 4. The first-order valence-corrected chi connectivity index (χ1v) is 6.91. The van der Waals surface area contributed by atoms with Crippen molar-refractivity contribution in [2.24, 2.45) is 0 Å². The Labute approximate surface area is 130 Å². The van der Waals surface area contributed by atoms with Crippen molar-refractivity contribution in [3.8, 4) is 17.3 Å². The van der Waals surface area contributed by atoms with E-state index in [-0.39, 0.29) is 17.1 Å². The lowest BCUT2D eigenvalue weighted by Crippen LogP contribution is -2.10. The molecular formula is C16H13F2N3O2. The van der Waals surface area contributed by atoms with Crippen LogP contribution < -0.4 is 10.3 Å². The number of halogens is 2. The number of fused-ring (bicyclic) bond motifs is 1. The van der Waals surface area contributed by atoms with Gasteiger partial charge in [0.1, 0.15) is 18.1 Å². The van der Waals surface area contributed by atoms with E-state index in [1.807, 2.05) is 13.0 Å². The Morgan fingerprint density at radius 2 is 2.09 bits per heavy atom. The summed E-state index contributed by atoms with van der Waals surface area (Å²) in [6.07, 6.45) is -1.15. The average Bonchev–Trinajstić information content (AvgIpc) is 2.54. The Hall–Kier alpha value is -2.83. The zero-order chi connectivity index (χ0) is 16.4. The number of pyridine rings is 1. The van der Waals surface area contributed by atoms with Crippen molar-refractivity contribution in [2.75, 3.05) is 6.61 Å². The number of nitrogens with zero attached hydrogens (tertiary/aromatic N) is 2. The number of H-pyrrole nitrogens is 1. The van der Waals surface area contributed by atoms with Gasteiger partial charge in [0.15, 0.2) is 5.82 Å². The summed E-state index contributed by atoms with van der Waals surface area (Å²) in [5, 5.41) is 0.485. The van der Waals surface area contributed by atoms with Crippen LogP contribution >= 0.6 is 0 Å². The maximum absolute atomic E-state index is 12.2. The molecule has 0 saturated heterocycles. The second kappa shape index (κ2) is 6.12. The van der Waals surface area contributed by atoms with Gasteiger partial charge in [0.05, 0.1) is 10.9 Å². The van der Waals surface area contributed by atoms with Crippen LogP contribution in [0.4, 0.5) is 8.78 Å². The van der Waals surface area contributed by atoms with E-state index < -0.39 is 13.0 Å². The summed E-state index contributed by atoms with van der Waals surface area (Å²) >= 11 is 0. The molecular weight excluding hydrogens is 304 g/mol. The molecule has 1 aromatic carbocycles. The van der Waals surface area contributed by atoms with E-state index in [4.69, 9.17) is 4.74 Å². The fraction of sp³-hybridized carbons (Fsp3) is 0.188. The maximum atomic E-state index is 12.2. The highest BCUT2D eigenvalue weighted by molar-refractivity contribution is 5.79. The molecule has 0 saturated carbocycles. The van der Waals surface area contributed by atoms with Gasteiger partial charge in [0.25, 0.3) is 12.0 Å². The van der Waals surface area contributed by atoms with E-state index in [0.29, 0.717) is 16.6 Å². The Morgan fingerprint density at radius 1 is 1.26 bits per heavy atom.